The minimum atomic E-state index is -5.05. The fraction of sp³-hybridized carbons (Fsp3) is 0.978. The van der Waals surface area contributed by atoms with E-state index in [1.165, 1.54) is 161 Å². The van der Waals surface area contributed by atoms with Crippen molar-refractivity contribution in [3.63, 3.8) is 0 Å². The van der Waals surface area contributed by atoms with Crippen LogP contribution in [0.1, 0.15) is 226 Å². The van der Waals surface area contributed by atoms with E-state index in [2.05, 4.69) is 18.0 Å². The smallest absolute Gasteiger partial charge is 0.397 e. The summed E-state index contributed by atoms with van der Waals surface area (Å²) in [6.45, 7) is 4.00. The summed E-state index contributed by atoms with van der Waals surface area (Å²) >= 11 is 0. The average molecular weight is 867 g/mol. The van der Waals surface area contributed by atoms with E-state index < -0.39 is 59.8 Å². The number of carbonyl (C=O) groups excluding carboxylic acids is 1. The number of hydrogen-bond acceptors (Lipinski definition) is 11. The van der Waals surface area contributed by atoms with Gasteiger partial charge < -0.3 is 34.3 Å². The first kappa shape index (κ1) is 56.1. The van der Waals surface area contributed by atoms with E-state index in [9.17, 15) is 28.5 Å². The summed E-state index contributed by atoms with van der Waals surface area (Å²) in [6, 6.07) is 0. The molecule has 0 amide bonds. The zero-order chi connectivity index (χ0) is 43.2. The number of ether oxygens (including phenoxy) is 4. The van der Waals surface area contributed by atoms with Crippen molar-refractivity contribution in [3.05, 3.63) is 0 Å². The fourth-order valence-electron chi connectivity index (χ4n) is 7.79. The van der Waals surface area contributed by atoms with Crippen LogP contribution in [0.15, 0.2) is 0 Å². The van der Waals surface area contributed by atoms with Crippen LogP contribution in [0, 0.1) is 0 Å². The number of esters is 1. The molecular formula is C46H90O12S. The molecule has 0 saturated carbocycles. The lowest BCUT2D eigenvalue weighted by Crippen LogP contribution is -2.60. The molecule has 59 heavy (non-hydrogen) atoms. The van der Waals surface area contributed by atoms with Gasteiger partial charge in [-0.15, -0.1) is 0 Å². The number of aliphatic hydroxyl groups is 3. The molecule has 1 rings (SSSR count). The van der Waals surface area contributed by atoms with Crippen molar-refractivity contribution in [1.82, 2.24) is 0 Å². The van der Waals surface area contributed by atoms with Gasteiger partial charge in [-0.3, -0.25) is 9.35 Å². The highest BCUT2D eigenvalue weighted by molar-refractivity contribution is 7.80. The van der Waals surface area contributed by atoms with Gasteiger partial charge in [0.05, 0.1) is 19.8 Å². The van der Waals surface area contributed by atoms with E-state index in [1.807, 2.05) is 0 Å². The maximum absolute atomic E-state index is 12.8. The van der Waals surface area contributed by atoms with E-state index in [1.54, 1.807) is 0 Å². The van der Waals surface area contributed by atoms with Crippen LogP contribution in [0.25, 0.3) is 0 Å². The normalized spacial score (nSPS) is 20.3. The lowest BCUT2D eigenvalue weighted by atomic mass is 9.99. The van der Waals surface area contributed by atoms with Crippen molar-refractivity contribution in [2.24, 2.45) is 0 Å². The molecule has 0 radical (unpaired) electrons. The third kappa shape index (κ3) is 32.4. The van der Waals surface area contributed by atoms with Crippen LogP contribution in [0.5, 0.6) is 0 Å². The van der Waals surface area contributed by atoms with E-state index in [-0.39, 0.29) is 19.6 Å². The zero-order valence-corrected chi connectivity index (χ0v) is 38.4. The summed E-state index contributed by atoms with van der Waals surface area (Å²) in [5.74, 6) is -0.394. The third-order valence-electron chi connectivity index (χ3n) is 11.5. The lowest BCUT2D eigenvalue weighted by Gasteiger charge is -2.41. The summed E-state index contributed by atoms with van der Waals surface area (Å²) in [4.78, 5) is 12.8. The summed E-state index contributed by atoms with van der Waals surface area (Å²) in [6.07, 6.45) is 31.7. The van der Waals surface area contributed by atoms with Gasteiger partial charge in [0, 0.05) is 13.0 Å². The van der Waals surface area contributed by atoms with Gasteiger partial charge in [-0.25, -0.2) is 4.18 Å². The Morgan fingerprint density at radius 1 is 0.576 bits per heavy atom. The van der Waals surface area contributed by atoms with E-state index >= 15 is 0 Å². The summed E-state index contributed by atoms with van der Waals surface area (Å²) in [7, 11) is -5.05. The molecular weight excluding hydrogens is 777 g/mol. The Morgan fingerprint density at radius 3 is 1.36 bits per heavy atom. The number of aliphatic hydroxyl groups excluding tert-OH is 3. The number of carbonyl (C=O) groups is 1. The Kier molecular flexibility index (Phi) is 36.9. The standard InChI is InChI=1S/C46H90O12S/c1-3-5-7-9-11-13-14-15-16-17-18-19-20-21-22-23-24-25-26-27-28-29-31-33-35-42(48)56-40(38-54-36-34-32-30-12-10-8-6-4-2)39-55-46-44(50)45(58-59(51,52)53)43(49)41(37-47)57-46/h40-41,43-47,49-50H,3-39H2,1-2H3,(H,51,52,53). The highest BCUT2D eigenvalue weighted by atomic mass is 32.3. The monoisotopic (exact) mass is 867 g/mol. The van der Waals surface area contributed by atoms with Gasteiger partial charge in [0.1, 0.15) is 30.5 Å². The number of hydrogen-bond donors (Lipinski definition) is 4. The molecule has 0 bridgehead atoms. The van der Waals surface area contributed by atoms with Crippen molar-refractivity contribution in [2.45, 2.75) is 263 Å². The second-order valence-corrected chi connectivity index (χ2v) is 18.1. The maximum atomic E-state index is 12.8. The van der Waals surface area contributed by atoms with Crippen LogP contribution >= 0.6 is 0 Å². The van der Waals surface area contributed by atoms with Crippen LogP contribution in [-0.4, -0.2) is 97.5 Å². The van der Waals surface area contributed by atoms with E-state index in [4.69, 9.17) is 23.5 Å². The molecule has 0 aromatic rings. The molecule has 1 heterocycles. The van der Waals surface area contributed by atoms with Crippen LogP contribution in [-0.2, 0) is 38.3 Å². The highest BCUT2D eigenvalue weighted by Crippen LogP contribution is 2.26. The van der Waals surface area contributed by atoms with E-state index in [0.29, 0.717) is 13.0 Å². The van der Waals surface area contributed by atoms with Crippen LogP contribution in [0.2, 0.25) is 0 Å². The van der Waals surface area contributed by atoms with Crippen LogP contribution < -0.4 is 0 Å². The molecule has 0 aromatic heterocycles. The Labute approximate surface area is 360 Å². The van der Waals surface area contributed by atoms with Crippen molar-refractivity contribution in [1.29, 1.82) is 0 Å². The summed E-state index contributed by atoms with van der Waals surface area (Å²) in [5, 5.41) is 30.6. The van der Waals surface area contributed by atoms with Crippen molar-refractivity contribution in [3.8, 4) is 0 Å². The third-order valence-corrected chi connectivity index (χ3v) is 11.9. The highest BCUT2D eigenvalue weighted by Gasteiger charge is 2.48. The zero-order valence-electron chi connectivity index (χ0n) is 37.6. The van der Waals surface area contributed by atoms with Crippen molar-refractivity contribution < 1.29 is 56.2 Å². The molecule has 12 nitrogen and oxygen atoms in total. The maximum Gasteiger partial charge on any atom is 0.397 e. The predicted molar refractivity (Wildman–Crippen MR) is 235 cm³/mol. The van der Waals surface area contributed by atoms with E-state index in [0.717, 1.165) is 38.5 Å². The topological polar surface area (TPSA) is 178 Å². The SMILES string of the molecule is CCCCCCCCCCCCCCCCCCCCCCCCCCC(=O)OC(COCCCCCCCCCC)COC1OC(CO)C(O)C(OS(=O)(=O)O)C1O. The fourth-order valence-corrected chi connectivity index (χ4v) is 8.30. The Bertz CT molecular complexity index is 1050. The van der Waals surface area contributed by atoms with Gasteiger partial charge in [-0.1, -0.05) is 206 Å². The average Bonchev–Trinajstić information content (AvgIpc) is 3.20. The molecule has 13 heteroatoms. The summed E-state index contributed by atoms with van der Waals surface area (Å²) in [5.41, 5.74) is 0. The minimum absolute atomic E-state index is 0.0432. The Hall–Kier alpha value is -0.900. The van der Waals surface area contributed by atoms with Gasteiger partial charge >= 0.3 is 16.4 Å². The van der Waals surface area contributed by atoms with Crippen LogP contribution in [0.4, 0.5) is 0 Å². The molecule has 1 fully saturated rings. The molecule has 6 atom stereocenters. The van der Waals surface area contributed by atoms with Crippen LogP contribution in [0.3, 0.4) is 0 Å². The van der Waals surface area contributed by atoms with Gasteiger partial charge in [0.2, 0.25) is 0 Å². The number of rotatable bonds is 43. The van der Waals surface area contributed by atoms with Gasteiger partial charge in [-0.2, -0.15) is 8.42 Å². The molecule has 4 N–H and O–H groups in total. The molecule has 0 spiro atoms. The number of unbranched alkanes of at least 4 members (excludes halogenated alkanes) is 30. The largest absolute Gasteiger partial charge is 0.457 e. The van der Waals surface area contributed by atoms with Gasteiger partial charge in [0.25, 0.3) is 0 Å². The van der Waals surface area contributed by atoms with Crippen molar-refractivity contribution in [2.75, 3.05) is 26.4 Å². The Balaban J connectivity index is 2.25. The first-order chi connectivity index (χ1) is 28.6. The first-order valence-corrected chi connectivity index (χ1v) is 25.7. The molecule has 1 aliphatic rings. The lowest BCUT2D eigenvalue weighted by molar-refractivity contribution is -0.301. The molecule has 0 aliphatic carbocycles. The van der Waals surface area contributed by atoms with Crippen molar-refractivity contribution >= 4 is 16.4 Å². The molecule has 1 aliphatic heterocycles. The second-order valence-electron chi connectivity index (χ2n) is 17.1. The predicted octanol–water partition coefficient (Wildman–Crippen LogP) is 10.5. The quantitative estimate of drug-likeness (QED) is 0.0259. The first-order valence-electron chi connectivity index (χ1n) is 24.3. The molecule has 352 valence electrons. The summed E-state index contributed by atoms with van der Waals surface area (Å²) < 4.78 is 58.9. The molecule has 6 unspecified atom stereocenters. The minimum Gasteiger partial charge on any atom is -0.457 e. The second kappa shape index (κ2) is 38.7. The van der Waals surface area contributed by atoms with Gasteiger partial charge in [-0.05, 0) is 12.8 Å². The van der Waals surface area contributed by atoms with Gasteiger partial charge in [0.15, 0.2) is 6.29 Å². The Morgan fingerprint density at radius 2 is 0.966 bits per heavy atom. The molecule has 0 aromatic carbocycles. The molecule has 1 saturated heterocycles.